The number of carbonyl (C=O) groups excluding carboxylic acids is 1. The van der Waals surface area contributed by atoms with Gasteiger partial charge in [0.05, 0.1) is 19.6 Å². The highest BCUT2D eigenvalue weighted by atomic mass is 16.5. The number of aromatic hydroxyl groups is 1. The Morgan fingerprint density at radius 1 is 1.41 bits per heavy atom. The maximum Gasteiger partial charge on any atom is 0.308 e. The highest BCUT2D eigenvalue weighted by Crippen LogP contribution is 2.28. The summed E-state index contributed by atoms with van der Waals surface area (Å²) in [5.74, 6) is -0.740. The van der Waals surface area contributed by atoms with Crippen molar-refractivity contribution in [2.45, 2.75) is 25.6 Å². The van der Waals surface area contributed by atoms with E-state index < -0.39 is 18.2 Å². The topological polar surface area (TPSA) is 87.0 Å². The molecule has 2 unspecified atom stereocenters. The number of aryl methyl sites for hydroxylation is 1. The van der Waals surface area contributed by atoms with E-state index in [1.165, 1.54) is 13.2 Å². The molecular weight excluding hydrogens is 224 g/mol. The van der Waals surface area contributed by atoms with Gasteiger partial charge in [-0.25, -0.2) is 0 Å². The Morgan fingerprint density at radius 3 is 2.65 bits per heavy atom. The lowest BCUT2D eigenvalue weighted by Gasteiger charge is -2.18. The first-order valence-electron chi connectivity index (χ1n) is 5.18. The molecule has 0 aliphatic heterocycles. The van der Waals surface area contributed by atoms with Gasteiger partial charge < -0.3 is 20.1 Å². The molecule has 0 amide bonds. The van der Waals surface area contributed by atoms with Gasteiger partial charge in [-0.1, -0.05) is 11.6 Å². The van der Waals surface area contributed by atoms with Crippen molar-refractivity contribution in [1.82, 2.24) is 0 Å². The number of aliphatic hydroxyl groups excluding tert-OH is 2. The van der Waals surface area contributed by atoms with Gasteiger partial charge >= 0.3 is 5.97 Å². The predicted octanol–water partition coefficient (Wildman–Crippen LogP) is 0.658. The molecule has 5 heteroatoms. The number of hydrogen-bond donors (Lipinski definition) is 3. The number of phenolic OH excluding ortho intramolecular Hbond substituents is 1. The molecule has 0 radical (unpaired) electrons. The molecule has 0 spiro atoms. The van der Waals surface area contributed by atoms with Gasteiger partial charge in [0.25, 0.3) is 0 Å². The summed E-state index contributed by atoms with van der Waals surface area (Å²) in [5.41, 5.74) is 1.03. The third-order valence-corrected chi connectivity index (χ3v) is 2.47. The van der Waals surface area contributed by atoms with Crippen LogP contribution in [0.25, 0.3) is 0 Å². The first kappa shape index (κ1) is 13.5. The fraction of sp³-hybridized carbons (Fsp3) is 0.417. The second kappa shape index (κ2) is 5.65. The van der Waals surface area contributed by atoms with Crippen LogP contribution < -0.4 is 0 Å². The summed E-state index contributed by atoms with van der Waals surface area (Å²) < 4.78 is 4.39. The zero-order valence-corrected chi connectivity index (χ0v) is 9.75. The number of methoxy groups -OCH3 is 1. The van der Waals surface area contributed by atoms with Gasteiger partial charge in [-0.2, -0.15) is 0 Å². The van der Waals surface area contributed by atoms with E-state index in [0.717, 1.165) is 5.56 Å². The van der Waals surface area contributed by atoms with Crippen LogP contribution in [0.3, 0.4) is 0 Å². The minimum Gasteiger partial charge on any atom is -0.508 e. The Morgan fingerprint density at radius 2 is 2.06 bits per heavy atom. The number of benzene rings is 1. The number of aliphatic hydroxyl groups is 2. The minimum absolute atomic E-state index is 0.119. The van der Waals surface area contributed by atoms with Crippen molar-refractivity contribution in [1.29, 1.82) is 0 Å². The maximum absolute atomic E-state index is 11.0. The highest BCUT2D eigenvalue weighted by molar-refractivity contribution is 5.69. The molecule has 1 aromatic rings. The van der Waals surface area contributed by atoms with Crippen LogP contribution in [0.15, 0.2) is 18.2 Å². The molecule has 0 aliphatic rings. The number of ether oxygens (including phenoxy) is 1. The summed E-state index contributed by atoms with van der Waals surface area (Å²) in [4.78, 5) is 11.0. The van der Waals surface area contributed by atoms with Gasteiger partial charge in [0, 0.05) is 5.56 Å². The van der Waals surface area contributed by atoms with Crippen molar-refractivity contribution >= 4 is 5.97 Å². The van der Waals surface area contributed by atoms with Gasteiger partial charge in [0.2, 0.25) is 0 Å². The molecule has 0 aliphatic carbocycles. The molecule has 2 atom stereocenters. The molecule has 1 rings (SSSR count). The van der Waals surface area contributed by atoms with Crippen LogP contribution in [0.5, 0.6) is 5.75 Å². The largest absolute Gasteiger partial charge is 0.508 e. The maximum atomic E-state index is 11.0. The van der Waals surface area contributed by atoms with Gasteiger partial charge in [-0.05, 0) is 19.1 Å². The molecule has 0 fully saturated rings. The number of phenols is 1. The van der Waals surface area contributed by atoms with Crippen molar-refractivity contribution < 1.29 is 24.9 Å². The molecular formula is C12H16O5. The Balaban J connectivity index is 2.84. The first-order valence-corrected chi connectivity index (χ1v) is 5.18. The van der Waals surface area contributed by atoms with Crippen LogP contribution in [0.1, 0.15) is 23.7 Å². The molecule has 0 aromatic heterocycles. The molecule has 94 valence electrons. The van der Waals surface area contributed by atoms with Gasteiger partial charge in [-0.3, -0.25) is 4.79 Å². The molecule has 1 aromatic carbocycles. The zero-order chi connectivity index (χ0) is 13.0. The molecule has 0 saturated heterocycles. The molecule has 17 heavy (non-hydrogen) atoms. The van der Waals surface area contributed by atoms with E-state index in [1.807, 2.05) is 0 Å². The lowest BCUT2D eigenvalue weighted by atomic mass is 9.99. The van der Waals surface area contributed by atoms with Gasteiger partial charge in [0.1, 0.15) is 11.9 Å². The standard InChI is InChI=1S/C12H16O5/c1-7-3-4-9(13)8(5-7)12(16)10(14)6-11(15)17-2/h3-5,10,12-14,16H,6H2,1-2H3. The second-order valence-electron chi connectivity index (χ2n) is 3.85. The minimum atomic E-state index is -1.33. The van der Waals surface area contributed by atoms with E-state index in [-0.39, 0.29) is 17.7 Å². The van der Waals surface area contributed by atoms with Crippen molar-refractivity contribution in [2.24, 2.45) is 0 Å². The van der Waals surface area contributed by atoms with Gasteiger partial charge in [-0.15, -0.1) is 0 Å². The van der Waals surface area contributed by atoms with Crippen molar-refractivity contribution in [3.05, 3.63) is 29.3 Å². The molecule has 0 saturated carbocycles. The smallest absolute Gasteiger partial charge is 0.308 e. The quantitative estimate of drug-likeness (QED) is 0.673. The lowest BCUT2D eigenvalue weighted by molar-refractivity contribution is -0.144. The van der Waals surface area contributed by atoms with E-state index in [2.05, 4.69) is 4.74 Å². The number of esters is 1. The number of rotatable bonds is 4. The van der Waals surface area contributed by atoms with Crippen molar-refractivity contribution in [3.63, 3.8) is 0 Å². The Kier molecular flexibility index (Phi) is 4.48. The van der Waals surface area contributed by atoms with E-state index in [4.69, 9.17) is 0 Å². The SMILES string of the molecule is COC(=O)CC(O)C(O)c1cc(C)ccc1O. The fourth-order valence-electron chi connectivity index (χ4n) is 1.48. The van der Waals surface area contributed by atoms with Crippen LogP contribution in [0.2, 0.25) is 0 Å². The number of carbonyl (C=O) groups is 1. The summed E-state index contributed by atoms with van der Waals surface area (Å²) in [6.45, 7) is 1.79. The van der Waals surface area contributed by atoms with E-state index in [0.29, 0.717) is 0 Å². The van der Waals surface area contributed by atoms with Crippen LogP contribution >= 0.6 is 0 Å². The third-order valence-electron chi connectivity index (χ3n) is 2.47. The summed E-state index contributed by atoms with van der Waals surface area (Å²) in [6.07, 6.45) is -2.96. The Hall–Kier alpha value is -1.59. The van der Waals surface area contributed by atoms with Crippen molar-refractivity contribution in [2.75, 3.05) is 7.11 Å². The summed E-state index contributed by atoms with van der Waals surface area (Å²) in [7, 11) is 1.20. The number of hydrogen-bond acceptors (Lipinski definition) is 5. The summed E-state index contributed by atoms with van der Waals surface area (Å²) in [5, 5.41) is 29.0. The average Bonchev–Trinajstić information content (AvgIpc) is 2.31. The van der Waals surface area contributed by atoms with Crippen LogP contribution in [0.4, 0.5) is 0 Å². The molecule has 0 heterocycles. The summed E-state index contributed by atoms with van der Waals surface area (Å²) >= 11 is 0. The highest BCUT2D eigenvalue weighted by Gasteiger charge is 2.24. The molecule has 0 bridgehead atoms. The molecule has 3 N–H and O–H groups in total. The zero-order valence-electron chi connectivity index (χ0n) is 9.75. The van der Waals surface area contributed by atoms with E-state index in [1.54, 1.807) is 19.1 Å². The normalized spacial score (nSPS) is 14.1. The lowest BCUT2D eigenvalue weighted by Crippen LogP contribution is -2.22. The Bertz CT molecular complexity index is 402. The molecule has 5 nitrogen and oxygen atoms in total. The van der Waals surface area contributed by atoms with Gasteiger partial charge in [0.15, 0.2) is 0 Å². The third kappa shape index (κ3) is 3.44. The Labute approximate surface area is 99.3 Å². The van der Waals surface area contributed by atoms with E-state index >= 15 is 0 Å². The fourth-order valence-corrected chi connectivity index (χ4v) is 1.48. The average molecular weight is 240 g/mol. The monoisotopic (exact) mass is 240 g/mol. The first-order chi connectivity index (χ1) is 7.95. The van der Waals surface area contributed by atoms with Crippen LogP contribution in [-0.4, -0.2) is 34.5 Å². The van der Waals surface area contributed by atoms with E-state index in [9.17, 15) is 20.1 Å². The predicted molar refractivity (Wildman–Crippen MR) is 60.4 cm³/mol. The second-order valence-corrected chi connectivity index (χ2v) is 3.85. The van der Waals surface area contributed by atoms with Crippen LogP contribution in [0, 0.1) is 6.92 Å². The van der Waals surface area contributed by atoms with Crippen molar-refractivity contribution in [3.8, 4) is 5.75 Å². The summed E-state index contributed by atoms with van der Waals surface area (Å²) in [6, 6.07) is 4.66. The van der Waals surface area contributed by atoms with Crippen LogP contribution in [-0.2, 0) is 9.53 Å².